The summed E-state index contributed by atoms with van der Waals surface area (Å²) in [6.07, 6.45) is 4.94. The van der Waals surface area contributed by atoms with Gasteiger partial charge in [-0.2, -0.15) is 0 Å². The molecule has 1 N–H and O–H groups in total. The minimum absolute atomic E-state index is 0.472. The highest BCUT2D eigenvalue weighted by Crippen LogP contribution is 2.42. The molecule has 2 heteroatoms. The van der Waals surface area contributed by atoms with Crippen molar-refractivity contribution in [3.63, 3.8) is 0 Å². The lowest BCUT2D eigenvalue weighted by Crippen LogP contribution is -2.29. The van der Waals surface area contributed by atoms with E-state index in [0.717, 1.165) is 0 Å². The molecule has 0 bridgehead atoms. The lowest BCUT2D eigenvalue weighted by molar-refractivity contribution is -0.000341. The predicted molar refractivity (Wildman–Crippen MR) is 60.6 cm³/mol. The molecule has 1 aromatic rings. The van der Waals surface area contributed by atoms with E-state index in [4.69, 9.17) is 0 Å². The van der Waals surface area contributed by atoms with Crippen LogP contribution in [0.5, 0.6) is 0 Å². The molecule has 1 atom stereocenters. The maximum Gasteiger partial charge on any atom is 0.0990 e. The van der Waals surface area contributed by atoms with E-state index in [2.05, 4.69) is 18.4 Å². The van der Waals surface area contributed by atoms with Gasteiger partial charge in [0.05, 0.1) is 5.60 Å². The lowest BCUT2D eigenvalue weighted by Gasteiger charge is -2.29. The SMILES string of the molecule is Cc1ccsc1C(C)(O)C1CCCC1. The van der Waals surface area contributed by atoms with Crippen molar-refractivity contribution in [2.45, 2.75) is 45.1 Å². The highest BCUT2D eigenvalue weighted by atomic mass is 32.1. The summed E-state index contributed by atoms with van der Waals surface area (Å²) in [4.78, 5) is 1.17. The molecule has 1 fully saturated rings. The smallest absolute Gasteiger partial charge is 0.0990 e. The number of aliphatic hydroxyl groups is 1. The largest absolute Gasteiger partial charge is 0.384 e. The number of hydrogen-bond donors (Lipinski definition) is 1. The molecule has 0 aliphatic heterocycles. The molecule has 2 rings (SSSR count). The lowest BCUT2D eigenvalue weighted by atomic mass is 9.85. The van der Waals surface area contributed by atoms with Gasteiger partial charge in [0.15, 0.2) is 0 Å². The Morgan fingerprint density at radius 2 is 2.07 bits per heavy atom. The van der Waals surface area contributed by atoms with Crippen LogP contribution in [0.1, 0.15) is 43.0 Å². The second-order valence-corrected chi connectivity index (χ2v) is 5.48. The average molecular weight is 210 g/mol. The minimum Gasteiger partial charge on any atom is -0.384 e. The van der Waals surface area contributed by atoms with Crippen molar-refractivity contribution in [2.75, 3.05) is 0 Å². The van der Waals surface area contributed by atoms with Gasteiger partial charge < -0.3 is 5.11 Å². The highest BCUT2D eigenvalue weighted by molar-refractivity contribution is 7.10. The fourth-order valence-electron chi connectivity index (χ4n) is 2.56. The van der Waals surface area contributed by atoms with Crippen LogP contribution < -0.4 is 0 Å². The van der Waals surface area contributed by atoms with Gasteiger partial charge in [0, 0.05) is 4.88 Å². The van der Waals surface area contributed by atoms with Gasteiger partial charge in [0.2, 0.25) is 0 Å². The van der Waals surface area contributed by atoms with Crippen LogP contribution in [0.4, 0.5) is 0 Å². The fraction of sp³-hybridized carbons (Fsp3) is 0.667. The molecule has 14 heavy (non-hydrogen) atoms. The summed E-state index contributed by atoms with van der Waals surface area (Å²) in [7, 11) is 0. The van der Waals surface area contributed by atoms with Crippen molar-refractivity contribution >= 4 is 11.3 Å². The third kappa shape index (κ3) is 1.61. The summed E-state index contributed by atoms with van der Waals surface area (Å²) >= 11 is 1.69. The van der Waals surface area contributed by atoms with Crippen LogP contribution in [0.3, 0.4) is 0 Å². The van der Waals surface area contributed by atoms with Gasteiger partial charge in [0.25, 0.3) is 0 Å². The van der Waals surface area contributed by atoms with Crippen LogP contribution in [-0.2, 0) is 5.60 Å². The van der Waals surface area contributed by atoms with Gasteiger partial charge >= 0.3 is 0 Å². The summed E-state index contributed by atoms with van der Waals surface area (Å²) < 4.78 is 0. The molecule has 78 valence electrons. The van der Waals surface area contributed by atoms with E-state index in [1.165, 1.54) is 36.1 Å². The Kier molecular flexibility index (Phi) is 2.67. The number of thiophene rings is 1. The van der Waals surface area contributed by atoms with Gasteiger partial charge in [-0.25, -0.2) is 0 Å². The zero-order valence-electron chi connectivity index (χ0n) is 8.92. The van der Waals surface area contributed by atoms with Crippen molar-refractivity contribution in [3.05, 3.63) is 21.9 Å². The topological polar surface area (TPSA) is 20.2 Å². The maximum atomic E-state index is 10.6. The van der Waals surface area contributed by atoms with E-state index in [1.54, 1.807) is 11.3 Å². The van der Waals surface area contributed by atoms with Gasteiger partial charge in [-0.05, 0) is 49.6 Å². The third-order valence-electron chi connectivity index (χ3n) is 3.47. The first kappa shape index (κ1) is 10.2. The van der Waals surface area contributed by atoms with Gasteiger partial charge in [-0.1, -0.05) is 12.8 Å². The fourth-order valence-corrected chi connectivity index (χ4v) is 3.63. The molecule has 0 saturated heterocycles. The summed E-state index contributed by atoms with van der Waals surface area (Å²) in [6.45, 7) is 4.08. The zero-order chi connectivity index (χ0) is 10.2. The first-order valence-corrected chi connectivity index (χ1v) is 6.27. The molecule has 1 aromatic heterocycles. The first-order chi connectivity index (χ1) is 6.62. The molecule has 0 aromatic carbocycles. The van der Waals surface area contributed by atoms with Crippen LogP contribution in [-0.4, -0.2) is 5.11 Å². The maximum absolute atomic E-state index is 10.6. The van der Waals surface area contributed by atoms with Crippen molar-refractivity contribution in [1.29, 1.82) is 0 Å². The Balaban J connectivity index is 2.26. The Labute approximate surface area is 89.8 Å². The number of aryl methyl sites for hydroxylation is 1. The predicted octanol–water partition coefficient (Wildman–Crippen LogP) is 3.45. The standard InChI is InChI=1S/C12H18OS/c1-9-7-8-14-11(9)12(2,13)10-5-3-4-6-10/h7-8,10,13H,3-6H2,1-2H3. The van der Waals surface area contributed by atoms with Crippen LogP contribution in [0.15, 0.2) is 11.4 Å². The van der Waals surface area contributed by atoms with Crippen molar-refractivity contribution in [2.24, 2.45) is 5.92 Å². The Morgan fingerprint density at radius 3 is 2.57 bits per heavy atom. The molecular formula is C12H18OS. The van der Waals surface area contributed by atoms with E-state index in [0.29, 0.717) is 5.92 Å². The van der Waals surface area contributed by atoms with Crippen LogP contribution in [0.25, 0.3) is 0 Å². The second-order valence-electron chi connectivity index (χ2n) is 4.56. The molecule has 1 heterocycles. The van der Waals surface area contributed by atoms with E-state index in [1.807, 2.05) is 6.92 Å². The average Bonchev–Trinajstić information content (AvgIpc) is 2.72. The summed E-state index contributed by atoms with van der Waals surface area (Å²) in [5, 5.41) is 12.6. The summed E-state index contributed by atoms with van der Waals surface area (Å²) in [5.41, 5.74) is 0.654. The highest BCUT2D eigenvalue weighted by Gasteiger charge is 2.37. The van der Waals surface area contributed by atoms with Crippen LogP contribution in [0.2, 0.25) is 0 Å². The van der Waals surface area contributed by atoms with Gasteiger partial charge in [-0.15, -0.1) is 11.3 Å². The molecule has 1 unspecified atom stereocenters. The van der Waals surface area contributed by atoms with E-state index < -0.39 is 5.60 Å². The molecule has 0 radical (unpaired) electrons. The molecular weight excluding hydrogens is 192 g/mol. The first-order valence-electron chi connectivity index (χ1n) is 5.39. The van der Waals surface area contributed by atoms with Crippen molar-refractivity contribution < 1.29 is 5.11 Å². The van der Waals surface area contributed by atoms with Crippen molar-refractivity contribution in [3.8, 4) is 0 Å². The van der Waals surface area contributed by atoms with Crippen LogP contribution in [0, 0.1) is 12.8 Å². The Hall–Kier alpha value is -0.340. The Bertz CT molecular complexity index is 308. The molecule has 1 aliphatic carbocycles. The molecule has 1 aliphatic rings. The third-order valence-corrected chi connectivity index (χ3v) is 4.72. The van der Waals surface area contributed by atoms with Crippen LogP contribution >= 0.6 is 11.3 Å². The number of rotatable bonds is 2. The molecule has 1 nitrogen and oxygen atoms in total. The van der Waals surface area contributed by atoms with Crippen molar-refractivity contribution in [1.82, 2.24) is 0 Å². The van der Waals surface area contributed by atoms with E-state index in [9.17, 15) is 5.11 Å². The normalized spacial score (nSPS) is 22.5. The van der Waals surface area contributed by atoms with E-state index in [-0.39, 0.29) is 0 Å². The molecule has 0 amide bonds. The minimum atomic E-state index is -0.589. The van der Waals surface area contributed by atoms with E-state index >= 15 is 0 Å². The summed E-state index contributed by atoms with van der Waals surface area (Å²) in [5.74, 6) is 0.472. The summed E-state index contributed by atoms with van der Waals surface area (Å²) in [6, 6.07) is 2.10. The monoisotopic (exact) mass is 210 g/mol. The number of hydrogen-bond acceptors (Lipinski definition) is 2. The quantitative estimate of drug-likeness (QED) is 0.792. The molecule has 1 saturated carbocycles. The zero-order valence-corrected chi connectivity index (χ0v) is 9.73. The van der Waals surface area contributed by atoms with Gasteiger partial charge in [-0.3, -0.25) is 0 Å². The molecule has 0 spiro atoms. The van der Waals surface area contributed by atoms with Gasteiger partial charge in [0.1, 0.15) is 0 Å². The second kappa shape index (κ2) is 3.67. The Morgan fingerprint density at radius 1 is 1.43 bits per heavy atom.